The van der Waals surface area contributed by atoms with E-state index in [2.05, 4.69) is 22.3 Å². The predicted octanol–water partition coefficient (Wildman–Crippen LogP) is 2.79. The van der Waals surface area contributed by atoms with E-state index in [0.717, 1.165) is 29.4 Å². The lowest BCUT2D eigenvalue weighted by Gasteiger charge is -2.06. The van der Waals surface area contributed by atoms with E-state index in [0.29, 0.717) is 12.4 Å². The molecule has 0 radical (unpaired) electrons. The fourth-order valence-electron chi connectivity index (χ4n) is 1.69. The monoisotopic (exact) mass is 284 g/mol. The lowest BCUT2D eigenvalue weighted by molar-refractivity contribution is -0.141. The summed E-state index contributed by atoms with van der Waals surface area (Å²) in [7, 11) is 0. The Morgan fingerprint density at radius 3 is 2.70 bits per heavy atom. The van der Waals surface area contributed by atoms with Gasteiger partial charge in [-0.15, -0.1) is 0 Å². The van der Waals surface area contributed by atoms with Gasteiger partial charge < -0.3 is 5.32 Å². The highest BCUT2D eigenvalue weighted by Crippen LogP contribution is 2.27. The quantitative estimate of drug-likeness (QED) is 0.859. The Balaban J connectivity index is 2.16. The van der Waals surface area contributed by atoms with E-state index in [9.17, 15) is 13.2 Å². The molecule has 0 saturated carbocycles. The lowest BCUT2D eigenvalue weighted by atomic mass is 10.3. The maximum Gasteiger partial charge on any atom is 0.435 e. The largest absolute Gasteiger partial charge is 0.435 e. The summed E-state index contributed by atoms with van der Waals surface area (Å²) in [5.74, 6) is 0.372. The SMILES string of the molecule is CCCNCc1cccc(-n2ccc(C(F)(F)F)n2)n1. The molecule has 0 bridgehead atoms. The Kier molecular flexibility index (Phi) is 4.39. The van der Waals surface area contributed by atoms with E-state index in [-0.39, 0.29) is 0 Å². The minimum absolute atomic E-state index is 0.372. The maximum atomic E-state index is 12.5. The van der Waals surface area contributed by atoms with Crippen molar-refractivity contribution in [3.8, 4) is 5.82 Å². The van der Waals surface area contributed by atoms with Crippen molar-refractivity contribution < 1.29 is 13.2 Å². The van der Waals surface area contributed by atoms with Crippen molar-refractivity contribution in [2.45, 2.75) is 26.1 Å². The average Bonchev–Trinajstić information content (AvgIpc) is 2.89. The van der Waals surface area contributed by atoms with Crippen molar-refractivity contribution in [1.29, 1.82) is 0 Å². The van der Waals surface area contributed by atoms with Gasteiger partial charge in [0.2, 0.25) is 0 Å². The molecule has 20 heavy (non-hydrogen) atoms. The van der Waals surface area contributed by atoms with Crippen LogP contribution in [0, 0.1) is 0 Å². The normalized spacial score (nSPS) is 11.8. The van der Waals surface area contributed by atoms with Crippen LogP contribution in [0.4, 0.5) is 13.2 Å². The standard InChI is InChI=1S/C13H15F3N4/c1-2-7-17-9-10-4-3-5-12(18-10)20-8-6-11(19-20)13(14,15)16/h3-6,8,17H,2,7,9H2,1H3. The number of alkyl halides is 3. The molecule has 4 nitrogen and oxygen atoms in total. The van der Waals surface area contributed by atoms with E-state index >= 15 is 0 Å². The van der Waals surface area contributed by atoms with Gasteiger partial charge in [0, 0.05) is 12.7 Å². The van der Waals surface area contributed by atoms with Crippen molar-refractivity contribution in [3.05, 3.63) is 41.9 Å². The van der Waals surface area contributed by atoms with Crippen molar-refractivity contribution in [2.75, 3.05) is 6.54 Å². The van der Waals surface area contributed by atoms with Crippen molar-refractivity contribution in [3.63, 3.8) is 0 Å². The highest BCUT2D eigenvalue weighted by Gasteiger charge is 2.33. The molecular weight excluding hydrogens is 269 g/mol. The van der Waals surface area contributed by atoms with Crippen LogP contribution in [0.2, 0.25) is 0 Å². The van der Waals surface area contributed by atoms with Crippen LogP contribution in [0.3, 0.4) is 0 Å². The molecule has 7 heteroatoms. The van der Waals surface area contributed by atoms with Crippen LogP contribution in [0.25, 0.3) is 5.82 Å². The van der Waals surface area contributed by atoms with Crippen molar-refractivity contribution in [2.24, 2.45) is 0 Å². The number of nitrogens with zero attached hydrogens (tertiary/aromatic N) is 3. The second-order valence-electron chi connectivity index (χ2n) is 4.31. The third-order valence-electron chi connectivity index (χ3n) is 2.64. The molecule has 2 rings (SSSR count). The zero-order valence-corrected chi connectivity index (χ0v) is 11.0. The van der Waals surface area contributed by atoms with E-state index in [4.69, 9.17) is 0 Å². The summed E-state index contributed by atoms with van der Waals surface area (Å²) in [5, 5.41) is 6.69. The molecule has 2 aromatic rings. The van der Waals surface area contributed by atoms with Gasteiger partial charge in [0.1, 0.15) is 0 Å². The minimum atomic E-state index is -4.44. The first-order chi connectivity index (χ1) is 9.50. The topological polar surface area (TPSA) is 42.7 Å². The summed E-state index contributed by atoms with van der Waals surface area (Å²) in [6.45, 7) is 3.50. The molecular formula is C13H15F3N4. The highest BCUT2D eigenvalue weighted by atomic mass is 19.4. The predicted molar refractivity (Wildman–Crippen MR) is 68.4 cm³/mol. The number of nitrogens with one attached hydrogen (secondary N) is 1. The number of halogens is 3. The van der Waals surface area contributed by atoms with Crippen LogP contribution in [-0.4, -0.2) is 21.3 Å². The molecule has 2 aromatic heterocycles. The third-order valence-corrected chi connectivity index (χ3v) is 2.64. The summed E-state index contributed by atoms with van der Waals surface area (Å²) in [5.41, 5.74) is -0.159. The summed E-state index contributed by atoms with van der Waals surface area (Å²) in [4.78, 5) is 4.28. The molecule has 0 saturated heterocycles. The van der Waals surface area contributed by atoms with Crippen LogP contribution in [0.5, 0.6) is 0 Å². The van der Waals surface area contributed by atoms with Gasteiger partial charge >= 0.3 is 6.18 Å². The maximum absolute atomic E-state index is 12.5. The molecule has 0 amide bonds. The van der Waals surface area contributed by atoms with Gasteiger partial charge in [-0.05, 0) is 31.2 Å². The van der Waals surface area contributed by atoms with Gasteiger partial charge in [-0.2, -0.15) is 18.3 Å². The number of hydrogen-bond acceptors (Lipinski definition) is 3. The molecule has 2 heterocycles. The molecule has 0 aliphatic heterocycles. The molecule has 0 aromatic carbocycles. The van der Waals surface area contributed by atoms with Gasteiger partial charge in [0.15, 0.2) is 11.5 Å². The number of hydrogen-bond donors (Lipinski definition) is 1. The lowest BCUT2D eigenvalue weighted by Crippen LogP contribution is -2.15. The molecule has 0 fully saturated rings. The molecule has 0 spiro atoms. The Morgan fingerprint density at radius 1 is 1.25 bits per heavy atom. The summed E-state index contributed by atoms with van der Waals surface area (Å²) >= 11 is 0. The van der Waals surface area contributed by atoms with Crippen LogP contribution >= 0.6 is 0 Å². The zero-order chi connectivity index (χ0) is 14.6. The fourth-order valence-corrected chi connectivity index (χ4v) is 1.69. The Labute approximate surface area is 114 Å². The summed E-state index contributed by atoms with van der Waals surface area (Å²) in [6.07, 6.45) is -2.17. The van der Waals surface area contributed by atoms with Gasteiger partial charge in [0.05, 0.1) is 5.69 Å². The van der Waals surface area contributed by atoms with E-state index < -0.39 is 11.9 Å². The molecule has 0 atom stereocenters. The van der Waals surface area contributed by atoms with Crippen LogP contribution in [0.1, 0.15) is 24.7 Å². The van der Waals surface area contributed by atoms with Crippen LogP contribution < -0.4 is 5.32 Å². The number of rotatable bonds is 5. The fraction of sp³-hybridized carbons (Fsp3) is 0.385. The zero-order valence-electron chi connectivity index (χ0n) is 11.0. The van der Waals surface area contributed by atoms with Crippen LogP contribution in [-0.2, 0) is 12.7 Å². The second-order valence-corrected chi connectivity index (χ2v) is 4.31. The molecule has 0 unspecified atom stereocenters. The van der Waals surface area contributed by atoms with Gasteiger partial charge in [-0.1, -0.05) is 13.0 Å². The Bertz CT molecular complexity index is 563. The summed E-state index contributed by atoms with van der Waals surface area (Å²) in [6, 6.07) is 6.13. The van der Waals surface area contributed by atoms with Crippen molar-refractivity contribution >= 4 is 0 Å². The molecule has 0 aliphatic carbocycles. The Morgan fingerprint density at radius 2 is 2.05 bits per heavy atom. The number of pyridine rings is 1. The first kappa shape index (κ1) is 14.5. The highest BCUT2D eigenvalue weighted by molar-refractivity contribution is 5.24. The van der Waals surface area contributed by atoms with Crippen molar-refractivity contribution in [1.82, 2.24) is 20.1 Å². The van der Waals surface area contributed by atoms with E-state index in [1.807, 2.05) is 6.07 Å². The van der Waals surface area contributed by atoms with Gasteiger partial charge in [-0.25, -0.2) is 9.67 Å². The first-order valence-electron chi connectivity index (χ1n) is 6.30. The third kappa shape index (κ3) is 3.57. The molecule has 108 valence electrons. The van der Waals surface area contributed by atoms with E-state index in [1.165, 1.54) is 6.20 Å². The van der Waals surface area contributed by atoms with Gasteiger partial charge in [-0.3, -0.25) is 0 Å². The molecule has 0 aliphatic rings. The second kappa shape index (κ2) is 6.04. The first-order valence-corrected chi connectivity index (χ1v) is 6.30. The summed E-state index contributed by atoms with van der Waals surface area (Å²) < 4.78 is 38.6. The molecule has 1 N–H and O–H groups in total. The average molecular weight is 284 g/mol. The minimum Gasteiger partial charge on any atom is -0.311 e. The number of aromatic nitrogens is 3. The Hall–Kier alpha value is -1.89. The van der Waals surface area contributed by atoms with Crippen LogP contribution in [0.15, 0.2) is 30.5 Å². The van der Waals surface area contributed by atoms with E-state index in [1.54, 1.807) is 12.1 Å². The van der Waals surface area contributed by atoms with Gasteiger partial charge in [0.25, 0.3) is 0 Å². The smallest absolute Gasteiger partial charge is 0.311 e.